The van der Waals surface area contributed by atoms with E-state index >= 15 is 0 Å². The minimum Gasteiger partial charge on any atom is -0.351 e. The molecule has 2 heterocycles. The van der Waals surface area contributed by atoms with Gasteiger partial charge in [-0.15, -0.1) is 0 Å². The van der Waals surface area contributed by atoms with E-state index in [1.807, 2.05) is 4.90 Å². The number of carbonyl (C=O) groups excluding carboxylic acids is 1. The van der Waals surface area contributed by atoms with Crippen LogP contribution >= 0.6 is 0 Å². The van der Waals surface area contributed by atoms with Gasteiger partial charge in [-0.2, -0.15) is 0 Å². The van der Waals surface area contributed by atoms with E-state index in [1.165, 1.54) is 0 Å². The average molecular weight is 289 g/mol. The molecular formula is C12H23N3O3S. The molecule has 0 spiro atoms. The van der Waals surface area contributed by atoms with Gasteiger partial charge in [0.1, 0.15) is 0 Å². The monoisotopic (exact) mass is 289 g/mol. The molecule has 6 nitrogen and oxygen atoms in total. The fraction of sp³-hybridized carbons (Fsp3) is 0.917. The lowest BCUT2D eigenvalue weighted by Crippen LogP contribution is -2.51. The lowest BCUT2D eigenvalue weighted by Gasteiger charge is -2.34. The van der Waals surface area contributed by atoms with Gasteiger partial charge in [-0.05, 0) is 25.3 Å². The van der Waals surface area contributed by atoms with Crippen molar-refractivity contribution in [2.75, 3.05) is 31.1 Å². The molecule has 19 heavy (non-hydrogen) atoms. The summed E-state index contributed by atoms with van der Waals surface area (Å²) in [5, 5.41) is 2.81. The quantitative estimate of drug-likeness (QED) is 0.692. The largest absolute Gasteiger partial charge is 0.351 e. The first kappa shape index (κ1) is 14.7. The molecule has 2 fully saturated rings. The maximum atomic E-state index is 11.9. The highest BCUT2D eigenvalue weighted by Crippen LogP contribution is 2.15. The Labute approximate surface area is 114 Å². The second-order valence-electron chi connectivity index (χ2n) is 5.83. The minimum atomic E-state index is -2.94. The van der Waals surface area contributed by atoms with Gasteiger partial charge in [0.25, 0.3) is 0 Å². The van der Waals surface area contributed by atoms with E-state index in [0.29, 0.717) is 18.9 Å². The van der Waals surface area contributed by atoms with Crippen molar-refractivity contribution in [2.24, 2.45) is 11.7 Å². The molecule has 2 aliphatic rings. The number of hydrogen-bond acceptors (Lipinski definition) is 5. The van der Waals surface area contributed by atoms with E-state index in [0.717, 1.165) is 19.5 Å². The first-order valence-electron chi connectivity index (χ1n) is 6.83. The Balaban J connectivity index is 1.76. The summed E-state index contributed by atoms with van der Waals surface area (Å²) in [6.07, 6.45) is 1.54. The number of hydrogen-bond donors (Lipinski definition) is 2. The van der Waals surface area contributed by atoms with Gasteiger partial charge in [-0.25, -0.2) is 8.42 Å². The Morgan fingerprint density at radius 1 is 1.42 bits per heavy atom. The van der Waals surface area contributed by atoms with Crippen LogP contribution in [0.25, 0.3) is 0 Å². The summed E-state index contributed by atoms with van der Waals surface area (Å²) < 4.78 is 22.6. The number of nitrogens with zero attached hydrogens (tertiary/aromatic N) is 1. The summed E-state index contributed by atoms with van der Waals surface area (Å²) in [4.78, 5) is 13.9. The fourth-order valence-electron chi connectivity index (χ4n) is 2.70. The summed E-state index contributed by atoms with van der Waals surface area (Å²) in [7, 11) is -2.94. The highest BCUT2D eigenvalue weighted by molar-refractivity contribution is 7.91. The van der Waals surface area contributed by atoms with Crippen LogP contribution in [-0.4, -0.2) is 62.4 Å². The zero-order chi connectivity index (χ0) is 14.0. The van der Waals surface area contributed by atoms with E-state index in [4.69, 9.17) is 5.73 Å². The van der Waals surface area contributed by atoms with Gasteiger partial charge < -0.3 is 11.1 Å². The molecule has 3 atom stereocenters. The summed E-state index contributed by atoms with van der Waals surface area (Å²) in [5.74, 6) is 0.669. The molecule has 0 aromatic carbocycles. The van der Waals surface area contributed by atoms with Crippen LogP contribution in [0.3, 0.4) is 0 Å². The predicted molar refractivity (Wildman–Crippen MR) is 73.4 cm³/mol. The molecule has 0 aromatic rings. The van der Waals surface area contributed by atoms with Gasteiger partial charge in [0.15, 0.2) is 9.84 Å². The van der Waals surface area contributed by atoms with Crippen LogP contribution in [0.1, 0.15) is 19.8 Å². The van der Waals surface area contributed by atoms with Gasteiger partial charge in [-0.1, -0.05) is 6.92 Å². The first-order chi connectivity index (χ1) is 8.85. The maximum Gasteiger partial charge on any atom is 0.234 e. The van der Waals surface area contributed by atoms with Crippen molar-refractivity contribution < 1.29 is 13.2 Å². The van der Waals surface area contributed by atoms with Gasteiger partial charge in [-0.3, -0.25) is 9.69 Å². The van der Waals surface area contributed by atoms with Crippen molar-refractivity contribution in [3.63, 3.8) is 0 Å². The summed E-state index contributed by atoms with van der Waals surface area (Å²) >= 11 is 0. The van der Waals surface area contributed by atoms with Crippen molar-refractivity contribution >= 4 is 15.7 Å². The molecule has 2 saturated heterocycles. The van der Waals surface area contributed by atoms with Crippen LogP contribution in [-0.2, 0) is 14.6 Å². The normalized spacial score (nSPS) is 35.2. The summed E-state index contributed by atoms with van der Waals surface area (Å²) in [6, 6.07) is -0.0942. The third-order valence-electron chi connectivity index (χ3n) is 4.07. The van der Waals surface area contributed by atoms with Crippen LogP contribution in [0.5, 0.6) is 0 Å². The van der Waals surface area contributed by atoms with Gasteiger partial charge in [0, 0.05) is 18.6 Å². The average Bonchev–Trinajstić information content (AvgIpc) is 2.63. The number of nitrogens with two attached hydrogens (primary N) is 1. The molecule has 0 saturated carbocycles. The number of piperidine rings is 1. The standard InChI is InChI=1S/C12H23N3O3S/c1-9-2-4-15(6-11(9)13)7-12(16)14-10-3-5-19(17,18)8-10/h9-11H,2-8,13H2,1H3,(H,14,16). The topological polar surface area (TPSA) is 92.5 Å². The Morgan fingerprint density at radius 3 is 2.74 bits per heavy atom. The van der Waals surface area contributed by atoms with Crippen LogP contribution in [0, 0.1) is 5.92 Å². The van der Waals surface area contributed by atoms with Crippen LogP contribution in [0.15, 0.2) is 0 Å². The highest BCUT2D eigenvalue weighted by Gasteiger charge is 2.30. The predicted octanol–water partition coefficient (Wildman–Crippen LogP) is -1.04. The van der Waals surface area contributed by atoms with Crippen LogP contribution in [0.2, 0.25) is 0 Å². The van der Waals surface area contributed by atoms with Gasteiger partial charge >= 0.3 is 0 Å². The highest BCUT2D eigenvalue weighted by atomic mass is 32.2. The molecule has 0 aliphatic carbocycles. The minimum absolute atomic E-state index is 0.0787. The van der Waals surface area contributed by atoms with E-state index in [-0.39, 0.29) is 29.5 Å². The van der Waals surface area contributed by atoms with E-state index in [2.05, 4.69) is 12.2 Å². The first-order valence-corrected chi connectivity index (χ1v) is 8.65. The maximum absolute atomic E-state index is 11.9. The number of sulfone groups is 1. The number of carbonyl (C=O) groups is 1. The zero-order valence-electron chi connectivity index (χ0n) is 11.3. The third kappa shape index (κ3) is 4.15. The van der Waals surface area contributed by atoms with Crippen molar-refractivity contribution in [3.8, 4) is 0 Å². The lowest BCUT2D eigenvalue weighted by molar-refractivity contribution is -0.123. The molecule has 2 rings (SSSR count). The molecule has 7 heteroatoms. The van der Waals surface area contributed by atoms with Crippen molar-refractivity contribution in [2.45, 2.75) is 31.8 Å². The fourth-order valence-corrected chi connectivity index (χ4v) is 4.37. The van der Waals surface area contributed by atoms with Crippen LogP contribution in [0.4, 0.5) is 0 Å². The molecule has 3 N–H and O–H groups in total. The Bertz CT molecular complexity index is 438. The third-order valence-corrected chi connectivity index (χ3v) is 5.83. The van der Waals surface area contributed by atoms with Crippen molar-refractivity contribution in [1.29, 1.82) is 0 Å². The van der Waals surface area contributed by atoms with E-state index < -0.39 is 9.84 Å². The summed E-state index contributed by atoms with van der Waals surface area (Å²) in [5.41, 5.74) is 5.99. The summed E-state index contributed by atoms with van der Waals surface area (Å²) in [6.45, 7) is 4.06. The van der Waals surface area contributed by atoms with Gasteiger partial charge in [0.2, 0.25) is 5.91 Å². The second-order valence-corrected chi connectivity index (χ2v) is 8.06. The number of likely N-dealkylation sites (tertiary alicyclic amines) is 1. The molecule has 0 aromatic heterocycles. The molecule has 0 radical (unpaired) electrons. The smallest absolute Gasteiger partial charge is 0.234 e. The Morgan fingerprint density at radius 2 is 2.16 bits per heavy atom. The van der Waals surface area contributed by atoms with Crippen molar-refractivity contribution in [3.05, 3.63) is 0 Å². The lowest BCUT2D eigenvalue weighted by atomic mass is 9.94. The SMILES string of the molecule is CC1CCN(CC(=O)NC2CCS(=O)(=O)C2)CC1N. The molecule has 0 bridgehead atoms. The Hall–Kier alpha value is -0.660. The Kier molecular flexibility index (Phi) is 4.47. The van der Waals surface area contributed by atoms with Crippen LogP contribution < -0.4 is 11.1 Å². The van der Waals surface area contributed by atoms with E-state index in [1.54, 1.807) is 0 Å². The zero-order valence-corrected chi connectivity index (χ0v) is 12.2. The molecule has 110 valence electrons. The second kappa shape index (κ2) is 5.76. The van der Waals surface area contributed by atoms with Gasteiger partial charge in [0.05, 0.1) is 18.1 Å². The van der Waals surface area contributed by atoms with Crippen molar-refractivity contribution in [1.82, 2.24) is 10.2 Å². The molecule has 1 amide bonds. The molecule has 3 unspecified atom stereocenters. The van der Waals surface area contributed by atoms with E-state index in [9.17, 15) is 13.2 Å². The number of rotatable bonds is 3. The number of nitrogens with one attached hydrogen (secondary N) is 1. The molecule has 2 aliphatic heterocycles. The number of amides is 1. The molecular weight excluding hydrogens is 266 g/mol.